The Kier molecular flexibility index (Phi) is 6.77. The van der Waals surface area contributed by atoms with Crippen molar-refractivity contribution in [2.75, 3.05) is 6.54 Å². The Balaban J connectivity index is 2.14. The largest absolute Gasteiger partial charge is 0.481 e. The maximum atomic E-state index is 12.8. The molecule has 26 heavy (non-hydrogen) atoms. The van der Waals surface area contributed by atoms with Crippen LogP contribution in [-0.4, -0.2) is 48.9 Å². The van der Waals surface area contributed by atoms with E-state index in [0.717, 1.165) is 19.3 Å². The van der Waals surface area contributed by atoms with Crippen LogP contribution in [0.25, 0.3) is 0 Å². The number of sulfonamides is 1. The van der Waals surface area contributed by atoms with Crippen LogP contribution in [0.4, 0.5) is 0 Å². The standard InChI is InChI=1S/C18H26N2O5S/c1-13(2)19-26(24,25)16-9-6-14(7-10-16)18(23)20-12-4-3-5-15(20)8-11-17(21)22/h6-7,9-10,13,15,19H,3-5,8,11-12H2,1-2H3,(H,21,22). The van der Waals surface area contributed by atoms with Crippen LogP contribution in [0.1, 0.15) is 56.3 Å². The topological polar surface area (TPSA) is 104 Å². The van der Waals surface area contributed by atoms with Gasteiger partial charge in [0.15, 0.2) is 0 Å². The number of carboxylic acids is 1. The molecule has 1 aliphatic heterocycles. The summed E-state index contributed by atoms with van der Waals surface area (Å²) < 4.78 is 26.8. The number of amides is 1. The maximum Gasteiger partial charge on any atom is 0.303 e. The Hall–Kier alpha value is -1.93. The van der Waals surface area contributed by atoms with Crippen molar-refractivity contribution in [3.8, 4) is 0 Å². The number of nitrogens with zero attached hydrogens (tertiary/aromatic N) is 1. The van der Waals surface area contributed by atoms with Crippen LogP contribution in [0.2, 0.25) is 0 Å². The monoisotopic (exact) mass is 382 g/mol. The van der Waals surface area contributed by atoms with Crippen molar-refractivity contribution in [3.63, 3.8) is 0 Å². The van der Waals surface area contributed by atoms with Crippen LogP contribution in [0, 0.1) is 0 Å². The van der Waals surface area contributed by atoms with Crippen LogP contribution >= 0.6 is 0 Å². The maximum absolute atomic E-state index is 12.8. The number of carboxylic acid groups (broad SMARTS) is 1. The van der Waals surface area contributed by atoms with Gasteiger partial charge in [-0.2, -0.15) is 0 Å². The van der Waals surface area contributed by atoms with E-state index in [1.807, 2.05) is 0 Å². The van der Waals surface area contributed by atoms with E-state index in [9.17, 15) is 18.0 Å². The summed E-state index contributed by atoms with van der Waals surface area (Å²) in [7, 11) is -3.60. The lowest BCUT2D eigenvalue weighted by molar-refractivity contribution is -0.137. The van der Waals surface area contributed by atoms with Crippen LogP contribution in [0.3, 0.4) is 0 Å². The highest BCUT2D eigenvalue weighted by Crippen LogP contribution is 2.23. The summed E-state index contributed by atoms with van der Waals surface area (Å²) in [5, 5.41) is 8.89. The SMILES string of the molecule is CC(C)NS(=O)(=O)c1ccc(C(=O)N2CCCCC2CCC(=O)O)cc1. The highest BCUT2D eigenvalue weighted by Gasteiger charge is 2.28. The summed E-state index contributed by atoms with van der Waals surface area (Å²) in [6.45, 7) is 4.07. The van der Waals surface area contributed by atoms with Crippen molar-refractivity contribution in [2.24, 2.45) is 0 Å². The number of aliphatic carboxylic acids is 1. The van der Waals surface area contributed by atoms with Crippen LogP contribution in [0.15, 0.2) is 29.2 Å². The number of benzene rings is 1. The molecule has 0 radical (unpaired) electrons. The molecule has 0 bridgehead atoms. The second-order valence-corrected chi connectivity index (χ2v) is 8.59. The minimum Gasteiger partial charge on any atom is -0.481 e. The molecule has 1 amide bonds. The molecule has 1 aromatic carbocycles. The van der Waals surface area contributed by atoms with Crippen molar-refractivity contribution >= 4 is 21.9 Å². The second kappa shape index (κ2) is 8.64. The Bertz CT molecular complexity index is 743. The average Bonchev–Trinajstić information content (AvgIpc) is 2.58. The van der Waals surface area contributed by atoms with Gasteiger partial charge in [-0.15, -0.1) is 0 Å². The van der Waals surface area contributed by atoms with Crippen molar-refractivity contribution in [2.45, 2.75) is 62.9 Å². The fourth-order valence-corrected chi connectivity index (χ4v) is 4.43. The molecule has 0 aliphatic carbocycles. The van der Waals surface area contributed by atoms with Crippen molar-refractivity contribution in [3.05, 3.63) is 29.8 Å². The molecule has 1 heterocycles. The molecule has 1 fully saturated rings. The van der Waals surface area contributed by atoms with Gasteiger partial charge in [0, 0.05) is 30.6 Å². The zero-order chi connectivity index (χ0) is 19.3. The first-order valence-corrected chi connectivity index (χ1v) is 10.3. The van der Waals surface area contributed by atoms with Gasteiger partial charge in [-0.25, -0.2) is 13.1 Å². The fraction of sp³-hybridized carbons (Fsp3) is 0.556. The molecule has 1 atom stereocenters. The molecule has 0 aromatic heterocycles. The third-order valence-corrected chi connectivity index (χ3v) is 6.06. The number of carbonyl (C=O) groups is 2. The van der Waals surface area contributed by atoms with Crippen LogP contribution in [0.5, 0.6) is 0 Å². The third kappa shape index (κ3) is 5.28. The van der Waals surface area contributed by atoms with Crippen LogP contribution < -0.4 is 4.72 Å². The zero-order valence-corrected chi connectivity index (χ0v) is 16.0. The zero-order valence-electron chi connectivity index (χ0n) is 15.1. The van der Waals surface area contributed by atoms with Gasteiger partial charge in [0.05, 0.1) is 4.90 Å². The molecule has 1 aromatic rings. The summed E-state index contributed by atoms with van der Waals surface area (Å²) in [5.74, 6) is -1.05. The molecule has 2 rings (SSSR count). The third-order valence-electron chi connectivity index (χ3n) is 4.38. The van der Waals surface area contributed by atoms with Gasteiger partial charge in [0.25, 0.3) is 5.91 Å². The Labute approximate surface area is 154 Å². The Morgan fingerprint density at radius 1 is 1.23 bits per heavy atom. The number of piperidine rings is 1. The van der Waals surface area contributed by atoms with E-state index in [1.165, 1.54) is 24.3 Å². The van der Waals surface area contributed by atoms with Crippen molar-refractivity contribution in [1.29, 1.82) is 0 Å². The van der Waals surface area contributed by atoms with Gasteiger partial charge in [0.2, 0.25) is 10.0 Å². The molecule has 2 N–H and O–H groups in total. The molecule has 1 unspecified atom stereocenters. The van der Waals surface area contributed by atoms with Gasteiger partial charge in [0.1, 0.15) is 0 Å². The minimum atomic E-state index is -3.60. The van der Waals surface area contributed by atoms with Gasteiger partial charge < -0.3 is 10.0 Å². The molecule has 0 saturated carbocycles. The summed E-state index contributed by atoms with van der Waals surface area (Å²) in [5.41, 5.74) is 0.413. The molecular formula is C18H26N2O5S. The van der Waals surface area contributed by atoms with Crippen molar-refractivity contribution < 1.29 is 23.1 Å². The average molecular weight is 382 g/mol. The Morgan fingerprint density at radius 2 is 1.88 bits per heavy atom. The summed E-state index contributed by atoms with van der Waals surface area (Å²) >= 11 is 0. The predicted molar refractivity (Wildman–Crippen MR) is 97.4 cm³/mol. The van der Waals surface area contributed by atoms with E-state index in [4.69, 9.17) is 5.11 Å². The molecule has 1 aliphatic rings. The van der Waals surface area contributed by atoms with E-state index >= 15 is 0 Å². The van der Waals surface area contributed by atoms with E-state index < -0.39 is 16.0 Å². The van der Waals surface area contributed by atoms with E-state index in [-0.39, 0.29) is 29.3 Å². The normalized spacial score (nSPS) is 18.1. The van der Waals surface area contributed by atoms with E-state index in [1.54, 1.807) is 18.7 Å². The van der Waals surface area contributed by atoms with Gasteiger partial charge in [-0.05, 0) is 63.8 Å². The number of hydrogen-bond acceptors (Lipinski definition) is 4. The first-order valence-electron chi connectivity index (χ1n) is 8.86. The lowest BCUT2D eigenvalue weighted by Gasteiger charge is -2.35. The molecule has 8 heteroatoms. The van der Waals surface area contributed by atoms with E-state index in [0.29, 0.717) is 18.5 Å². The summed E-state index contributed by atoms with van der Waals surface area (Å²) in [6.07, 6.45) is 3.13. The first kappa shape index (κ1) is 20.4. The highest BCUT2D eigenvalue weighted by molar-refractivity contribution is 7.89. The number of carbonyl (C=O) groups excluding carboxylic acids is 1. The number of nitrogens with one attached hydrogen (secondary N) is 1. The fourth-order valence-electron chi connectivity index (χ4n) is 3.18. The number of likely N-dealkylation sites (tertiary alicyclic amines) is 1. The minimum absolute atomic E-state index is 0.0342. The van der Waals surface area contributed by atoms with Crippen molar-refractivity contribution in [1.82, 2.24) is 9.62 Å². The Morgan fingerprint density at radius 3 is 2.46 bits per heavy atom. The summed E-state index contributed by atoms with van der Waals surface area (Å²) in [6, 6.07) is 5.57. The first-order chi connectivity index (χ1) is 12.2. The lowest BCUT2D eigenvalue weighted by atomic mass is 9.97. The molecule has 7 nitrogen and oxygen atoms in total. The molecule has 0 spiro atoms. The molecule has 1 saturated heterocycles. The number of hydrogen-bond donors (Lipinski definition) is 2. The second-order valence-electron chi connectivity index (χ2n) is 6.88. The van der Waals surface area contributed by atoms with E-state index in [2.05, 4.69) is 4.72 Å². The highest BCUT2D eigenvalue weighted by atomic mass is 32.2. The quantitative estimate of drug-likeness (QED) is 0.753. The lowest BCUT2D eigenvalue weighted by Crippen LogP contribution is -2.44. The number of rotatable bonds is 7. The molecular weight excluding hydrogens is 356 g/mol. The van der Waals surface area contributed by atoms with Gasteiger partial charge >= 0.3 is 5.97 Å². The summed E-state index contributed by atoms with van der Waals surface area (Å²) in [4.78, 5) is 25.5. The predicted octanol–water partition coefficient (Wildman–Crippen LogP) is 2.23. The van der Waals surface area contributed by atoms with Gasteiger partial charge in [-0.1, -0.05) is 0 Å². The smallest absolute Gasteiger partial charge is 0.303 e. The van der Waals surface area contributed by atoms with Crippen LogP contribution in [-0.2, 0) is 14.8 Å². The molecule has 144 valence electrons. The van der Waals surface area contributed by atoms with Gasteiger partial charge in [-0.3, -0.25) is 9.59 Å².